The quantitative estimate of drug-likeness (QED) is 0.730. The largest absolute Gasteiger partial charge is 0.480 e. The van der Waals surface area contributed by atoms with Crippen LogP contribution in [0.15, 0.2) is 0 Å². The summed E-state index contributed by atoms with van der Waals surface area (Å²) in [5, 5.41) is 11.7. The first kappa shape index (κ1) is 16.7. The molecule has 2 atom stereocenters. The Morgan fingerprint density at radius 2 is 2.20 bits per heavy atom. The van der Waals surface area contributed by atoms with E-state index in [4.69, 9.17) is 9.84 Å². The summed E-state index contributed by atoms with van der Waals surface area (Å²) in [7, 11) is 5.49. The maximum absolute atomic E-state index is 12.1. The van der Waals surface area contributed by atoms with Gasteiger partial charge in [-0.25, -0.2) is 9.59 Å². The lowest BCUT2D eigenvalue weighted by atomic mass is 10.1. The molecule has 0 aliphatic carbocycles. The van der Waals surface area contributed by atoms with Crippen LogP contribution in [0.2, 0.25) is 0 Å². The molecule has 1 aliphatic rings. The number of ether oxygens (including phenoxy) is 1. The molecule has 0 aromatic heterocycles. The Kier molecular flexibility index (Phi) is 6.74. The number of hydrogen-bond acceptors (Lipinski definition) is 4. The van der Waals surface area contributed by atoms with Crippen molar-refractivity contribution in [2.75, 3.05) is 40.9 Å². The first-order valence-corrected chi connectivity index (χ1v) is 6.89. The van der Waals surface area contributed by atoms with Crippen LogP contribution >= 0.6 is 0 Å². The van der Waals surface area contributed by atoms with Gasteiger partial charge < -0.3 is 25.0 Å². The third-order valence-electron chi connectivity index (χ3n) is 3.62. The van der Waals surface area contributed by atoms with Gasteiger partial charge in [0.25, 0.3) is 0 Å². The number of piperidine rings is 1. The molecule has 0 spiro atoms. The molecule has 1 saturated heterocycles. The highest BCUT2D eigenvalue weighted by molar-refractivity contribution is 5.82. The first-order valence-electron chi connectivity index (χ1n) is 6.89. The predicted molar refractivity (Wildman–Crippen MR) is 74.7 cm³/mol. The molecule has 0 radical (unpaired) electrons. The van der Waals surface area contributed by atoms with E-state index in [0.29, 0.717) is 25.7 Å². The van der Waals surface area contributed by atoms with Gasteiger partial charge in [0.15, 0.2) is 0 Å². The van der Waals surface area contributed by atoms with Crippen LogP contribution in [0.5, 0.6) is 0 Å². The monoisotopic (exact) mass is 287 g/mol. The first-order chi connectivity index (χ1) is 9.45. The number of carboxylic acids is 1. The van der Waals surface area contributed by atoms with Crippen LogP contribution in [0.3, 0.4) is 0 Å². The van der Waals surface area contributed by atoms with Crippen molar-refractivity contribution >= 4 is 12.0 Å². The summed E-state index contributed by atoms with van der Waals surface area (Å²) in [5.74, 6) is -1.03. The third-order valence-corrected chi connectivity index (χ3v) is 3.62. The molecule has 0 saturated carbocycles. The second kappa shape index (κ2) is 8.06. The molecule has 1 fully saturated rings. The fraction of sp³-hybridized carbons (Fsp3) is 0.846. The molecule has 116 valence electrons. The Balaban J connectivity index is 2.53. The van der Waals surface area contributed by atoms with Crippen molar-refractivity contribution in [2.45, 2.75) is 31.3 Å². The molecule has 0 bridgehead atoms. The van der Waals surface area contributed by atoms with Gasteiger partial charge in [-0.05, 0) is 26.9 Å². The number of hydrogen-bond donors (Lipinski definition) is 2. The fourth-order valence-electron chi connectivity index (χ4n) is 2.29. The van der Waals surface area contributed by atoms with Gasteiger partial charge in [-0.3, -0.25) is 0 Å². The summed E-state index contributed by atoms with van der Waals surface area (Å²) >= 11 is 0. The molecule has 0 aromatic carbocycles. The fourth-order valence-corrected chi connectivity index (χ4v) is 2.29. The SMILES string of the molecule is COCCC(NC(=O)N1CCCC(N(C)C)C1)C(=O)O. The van der Waals surface area contributed by atoms with Gasteiger partial charge in [0, 0.05) is 39.3 Å². The lowest BCUT2D eigenvalue weighted by Crippen LogP contribution is -2.54. The van der Waals surface area contributed by atoms with E-state index < -0.39 is 12.0 Å². The number of likely N-dealkylation sites (tertiary alicyclic amines) is 1. The van der Waals surface area contributed by atoms with E-state index in [1.807, 2.05) is 14.1 Å². The number of nitrogens with zero attached hydrogens (tertiary/aromatic N) is 2. The summed E-state index contributed by atoms with van der Waals surface area (Å²) in [6.45, 7) is 1.61. The summed E-state index contributed by atoms with van der Waals surface area (Å²) < 4.78 is 4.86. The van der Waals surface area contributed by atoms with Crippen LogP contribution in [0.4, 0.5) is 4.79 Å². The van der Waals surface area contributed by atoms with Crippen LogP contribution < -0.4 is 5.32 Å². The molecular formula is C13H25N3O4. The van der Waals surface area contributed by atoms with Gasteiger partial charge in [-0.15, -0.1) is 0 Å². The van der Waals surface area contributed by atoms with E-state index >= 15 is 0 Å². The van der Waals surface area contributed by atoms with E-state index in [1.165, 1.54) is 7.11 Å². The Labute approximate surface area is 119 Å². The lowest BCUT2D eigenvalue weighted by Gasteiger charge is -2.36. The minimum Gasteiger partial charge on any atom is -0.480 e. The summed E-state index contributed by atoms with van der Waals surface area (Å²) in [6.07, 6.45) is 2.26. The Bertz CT molecular complexity index is 336. The highest BCUT2D eigenvalue weighted by Gasteiger charge is 2.27. The predicted octanol–water partition coefficient (Wildman–Crippen LogP) is 0.212. The zero-order valence-electron chi connectivity index (χ0n) is 12.5. The van der Waals surface area contributed by atoms with Crippen LogP contribution in [0.1, 0.15) is 19.3 Å². The van der Waals surface area contributed by atoms with E-state index in [9.17, 15) is 9.59 Å². The highest BCUT2D eigenvalue weighted by atomic mass is 16.5. The van der Waals surface area contributed by atoms with Crippen molar-refractivity contribution in [1.29, 1.82) is 0 Å². The topological polar surface area (TPSA) is 82.1 Å². The van der Waals surface area contributed by atoms with Gasteiger partial charge in [0.05, 0.1) is 0 Å². The molecule has 2 N–H and O–H groups in total. The molecule has 2 amide bonds. The second-order valence-corrected chi connectivity index (χ2v) is 5.33. The van der Waals surface area contributed by atoms with Crippen LogP contribution in [0, 0.1) is 0 Å². The molecule has 7 nitrogen and oxygen atoms in total. The van der Waals surface area contributed by atoms with Gasteiger partial charge in [0.2, 0.25) is 0 Å². The zero-order chi connectivity index (χ0) is 15.1. The van der Waals surface area contributed by atoms with Crippen molar-refractivity contribution in [2.24, 2.45) is 0 Å². The molecular weight excluding hydrogens is 262 g/mol. The van der Waals surface area contributed by atoms with Gasteiger partial charge in [0.1, 0.15) is 6.04 Å². The van der Waals surface area contributed by atoms with E-state index in [2.05, 4.69) is 10.2 Å². The Morgan fingerprint density at radius 3 is 2.75 bits per heavy atom. The standard InChI is InChI=1S/C13H25N3O4/c1-15(2)10-5-4-7-16(9-10)13(19)14-11(12(17)18)6-8-20-3/h10-11H,4-9H2,1-3H3,(H,14,19)(H,17,18). The Hall–Kier alpha value is -1.34. The molecule has 7 heteroatoms. The van der Waals surface area contributed by atoms with E-state index in [0.717, 1.165) is 12.8 Å². The summed E-state index contributed by atoms with van der Waals surface area (Å²) in [4.78, 5) is 27.0. The average Bonchev–Trinajstić information content (AvgIpc) is 2.42. The number of amides is 2. The number of carboxylic acid groups (broad SMARTS) is 1. The molecule has 1 aliphatic heterocycles. The summed E-state index contributed by atoms with van der Waals surface area (Å²) in [5.41, 5.74) is 0. The average molecular weight is 287 g/mol. The van der Waals surface area contributed by atoms with E-state index in [1.54, 1.807) is 4.90 Å². The minimum atomic E-state index is -1.03. The molecule has 0 aromatic rings. The number of nitrogens with one attached hydrogen (secondary N) is 1. The second-order valence-electron chi connectivity index (χ2n) is 5.33. The minimum absolute atomic E-state index is 0.266. The zero-order valence-corrected chi connectivity index (χ0v) is 12.5. The van der Waals surface area contributed by atoms with Crippen molar-refractivity contribution in [3.05, 3.63) is 0 Å². The number of likely N-dealkylation sites (N-methyl/N-ethyl adjacent to an activating group) is 1. The number of carbonyl (C=O) groups is 2. The Morgan fingerprint density at radius 1 is 1.50 bits per heavy atom. The number of urea groups is 1. The van der Waals surface area contributed by atoms with Crippen molar-refractivity contribution < 1.29 is 19.4 Å². The normalized spacial score (nSPS) is 20.8. The molecule has 1 rings (SSSR count). The molecule has 2 unspecified atom stereocenters. The number of methoxy groups -OCH3 is 1. The van der Waals surface area contributed by atoms with Gasteiger partial charge in [-0.1, -0.05) is 0 Å². The van der Waals surface area contributed by atoms with Gasteiger partial charge >= 0.3 is 12.0 Å². The number of carbonyl (C=O) groups excluding carboxylic acids is 1. The number of aliphatic carboxylic acids is 1. The smallest absolute Gasteiger partial charge is 0.326 e. The van der Waals surface area contributed by atoms with E-state index in [-0.39, 0.29) is 12.5 Å². The van der Waals surface area contributed by atoms with Crippen molar-refractivity contribution in [3.63, 3.8) is 0 Å². The lowest BCUT2D eigenvalue weighted by molar-refractivity contribution is -0.139. The van der Waals surface area contributed by atoms with Crippen molar-refractivity contribution in [1.82, 2.24) is 15.1 Å². The van der Waals surface area contributed by atoms with Crippen LogP contribution in [0.25, 0.3) is 0 Å². The molecule has 1 heterocycles. The highest BCUT2D eigenvalue weighted by Crippen LogP contribution is 2.14. The van der Waals surface area contributed by atoms with Gasteiger partial charge in [-0.2, -0.15) is 0 Å². The number of rotatable bonds is 6. The third kappa shape index (κ3) is 4.97. The van der Waals surface area contributed by atoms with Crippen molar-refractivity contribution in [3.8, 4) is 0 Å². The maximum atomic E-state index is 12.1. The molecule has 20 heavy (non-hydrogen) atoms. The maximum Gasteiger partial charge on any atom is 0.326 e. The summed E-state index contributed by atoms with van der Waals surface area (Å²) in [6, 6.07) is -0.876. The van der Waals surface area contributed by atoms with Crippen LogP contribution in [-0.4, -0.2) is 79.9 Å². The van der Waals surface area contributed by atoms with Crippen LogP contribution in [-0.2, 0) is 9.53 Å².